The molecule has 4 rings (SSSR count). The zero-order valence-electron chi connectivity index (χ0n) is 11.4. The van der Waals surface area contributed by atoms with Crippen molar-refractivity contribution in [3.8, 4) is 0 Å². The Balaban J connectivity index is 1.80. The number of nitrogens with one attached hydrogen (secondary N) is 1. The molecule has 0 bridgehead atoms. The summed E-state index contributed by atoms with van der Waals surface area (Å²) in [6.07, 6.45) is 6.25. The van der Waals surface area contributed by atoms with E-state index in [-0.39, 0.29) is 11.9 Å². The molecule has 2 fully saturated rings. The summed E-state index contributed by atoms with van der Waals surface area (Å²) in [5.41, 5.74) is 3.45. The first-order valence-electron chi connectivity index (χ1n) is 7.44. The first-order chi connectivity index (χ1) is 9.24. The first-order valence-corrected chi connectivity index (χ1v) is 7.44. The summed E-state index contributed by atoms with van der Waals surface area (Å²) in [5, 5.41) is 3.10. The predicted molar refractivity (Wildman–Crippen MR) is 76.4 cm³/mol. The second-order valence-electron chi connectivity index (χ2n) is 6.28. The highest BCUT2D eigenvalue weighted by atomic mass is 16.2. The van der Waals surface area contributed by atoms with Crippen LogP contribution in [0.3, 0.4) is 0 Å². The van der Waals surface area contributed by atoms with E-state index >= 15 is 0 Å². The molecule has 1 aromatic carbocycles. The van der Waals surface area contributed by atoms with Crippen LogP contribution in [-0.4, -0.2) is 18.0 Å². The van der Waals surface area contributed by atoms with Crippen molar-refractivity contribution in [2.24, 2.45) is 5.92 Å². The van der Waals surface area contributed by atoms with Crippen LogP contribution in [0, 0.1) is 12.8 Å². The summed E-state index contributed by atoms with van der Waals surface area (Å²) in [5.74, 6) is 0.921. The topological polar surface area (TPSA) is 32.3 Å². The van der Waals surface area contributed by atoms with Crippen molar-refractivity contribution in [3.63, 3.8) is 0 Å². The SMILES string of the molecule is Cc1ccc2c(c1)NC(=O)C1CC3CCCCC3N21. The van der Waals surface area contributed by atoms with E-state index in [1.165, 1.54) is 36.9 Å². The Morgan fingerprint density at radius 2 is 2.11 bits per heavy atom. The third kappa shape index (κ3) is 1.60. The molecular weight excluding hydrogens is 236 g/mol. The Labute approximate surface area is 114 Å². The van der Waals surface area contributed by atoms with Gasteiger partial charge in [0.25, 0.3) is 0 Å². The van der Waals surface area contributed by atoms with Crippen molar-refractivity contribution < 1.29 is 4.79 Å². The highest BCUT2D eigenvalue weighted by Crippen LogP contribution is 2.46. The number of hydrogen-bond donors (Lipinski definition) is 1. The maximum atomic E-state index is 12.3. The summed E-state index contributed by atoms with van der Waals surface area (Å²) in [6, 6.07) is 7.10. The van der Waals surface area contributed by atoms with Gasteiger partial charge >= 0.3 is 0 Å². The van der Waals surface area contributed by atoms with Gasteiger partial charge in [-0.15, -0.1) is 0 Å². The van der Waals surface area contributed by atoms with Crippen LogP contribution < -0.4 is 10.2 Å². The molecule has 2 heterocycles. The highest BCUT2D eigenvalue weighted by molar-refractivity contribution is 6.04. The molecule has 1 amide bonds. The average Bonchev–Trinajstić information content (AvgIpc) is 2.79. The fraction of sp³-hybridized carbons (Fsp3) is 0.562. The molecule has 19 heavy (non-hydrogen) atoms. The molecule has 0 spiro atoms. The van der Waals surface area contributed by atoms with Crippen LogP contribution >= 0.6 is 0 Å². The Bertz CT molecular complexity index is 540. The molecule has 100 valence electrons. The molecule has 1 aromatic rings. The van der Waals surface area contributed by atoms with Gasteiger partial charge in [0.05, 0.1) is 11.4 Å². The van der Waals surface area contributed by atoms with E-state index in [9.17, 15) is 4.79 Å². The van der Waals surface area contributed by atoms with E-state index < -0.39 is 0 Å². The van der Waals surface area contributed by atoms with Gasteiger partial charge in [0.2, 0.25) is 5.91 Å². The maximum Gasteiger partial charge on any atom is 0.247 e. The number of benzene rings is 1. The number of nitrogens with zero attached hydrogens (tertiary/aromatic N) is 1. The molecule has 3 aliphatic rings. The molecule has 1 N–H and O–H groups in total. The number of fused-ring (bicyclic) bond motifs is 5. The fourth-order valence-corrected chi connectivity index (χ4v) is 4.23. The maximum absolute atomic E-state index is 12.3. The summed E-state index contributed by atoms with van der Waals surface area (Å²) in [6.45, 7) is 2.08. The van der Waals surface area contributed by atoms with Crippen LogP contribution in [0.2, 0.25) is 0 Å². The molecule has 1 saturated carbocycles. The van der Waals surface area contributed by atoms with E-state index in [4.69, 9.17) is 0 Å². The van der Waals surface area contributed by atoms with Crippen molar-refractivity contribution in [1.29, 1.82) is 0 Å². The van der Waals surface area contributed by atoms with Gasteiger partial charge in [0.1, 0.15) is 6.04 Å². The van der Waals surface area contributed by atoms with Crippen molar-refractivity contribution >= 4 is 17.3 Å². The molecule has 3 unspecified atom stereocenters. The smallest absolute Gasteiger partial charge is 0.247 e. The van der Waals surface area contributed by atoms with Crippen molar-refractivity contribution in [3.05, 3.63) is 23.8 Å². The number of aryl methyl sites for hydroxylation is 1. The van der Waals surface area contributed by atoms with Gasteiger partial charge in [0, 0.05) is 6.04 Å². The molecule has 3 nitrogen and oxygen atoms in total. The summed E-state index contributed by atoms with van der Waals surface area (Å²) in [4.78, 5) is 14.8. The number of hydrogen-bond acceptors (Lipinski definition) is 2. The minimum absolute atomic E-state index is 0.0725. The first kappa shape index (κ1) is 11.3. The lowest BCUT2D eigenvalue weighted by Crippen LogP contribution is -2.48. The van der Waals surface area contributed by atoms with Gasteiger partial charge in [-0.1, -0.05) is 18.9 Å². The van der Waals surface area contributed by atoms with Gasteiger partial charge in [-0.3, -0.25) is 4.79 Å². The molecule has 3 heteroatoms. The van der Waals surface area contributed by atoms with Crippen molar-refractivity contribution in [1.82, 2.24) is 0 Å². The van der Waals surface area contributed by atoms with Gasteiger partial charge in [0.15, 0.2) is 0 Å². The second-order valence-corrected chi connectivity index (χ2v) is 6.28. The van der Waals surface area contributed by atoms with Crippen molar-refractivity contribution in [2.45, 2.75) is 51.1 Å². The highest BCUT2D eigenvalue weighted by Gasteiger charge is 2.47. The van der Waals surface area contributed by atoms with E-state index in [1.54, 1.807) is 0 Å². The second kappa shape index (κ2) is 3.99. The van der Waals surface area contributed by atoms with Gasteiger partial charge in [-0.2, -0.15) is 0 Å². The fourth-order valence-electron chi connectivity index (χ4n) is 4.23. The number of carbonyl (C=O) groups is 1. The number of amides is 1. The molecule has 3 atom stereocenters. The van der Waals surface area contributed by atoms with E-state index in [1.807, 2.05) is 0 Å². The molecule has 1 saturated heterocycles. The largest absolute Gasteiger partial charge is 0.355 e. The van der Waals surface area contributed by atoms with Crippen LogP contribution in [0.15, 0.2) is 18.2 Å². The van der Waals surface area contributed by atoms with Crippen molar-refractivity contribution in [2.75, 3.05) is 10.2 Å². The summed E-state index contributed by atoms with van der Waals surface area (Å²) in [7, 11) is 0. The Morgan fingerprint density at radius 1 is 1.26 bits per heavy atom. The van der Waals surface area contributed by atoms with Crippen LogP contribution in [0.4, 0.5) is 11.4 Å². The normalized spacial score (nSPS) is 32.4. The standard InChI is InChI=1S/C16H20N2O/c1-10-6-7-14-12(8-10)17-16(19)15-9-11-4-2-3-5-13(11)18(14)15/h6-8,11,13,15H,2-5,9H2,1H3,(H,17,19). The number of carbonyl (C=O) groups excluding carboxylic acids is 1. The van der Waals surface area contributed by atoms with Gasteiger partial charge < -0.3 is 10.2 Å². The van der Waals surface area contributed by atoms with Gasteiger partial charge in [-0.25, -0.2) is 0 Å². The monoisotopic (exact) mass is 256 g/mol. The molecule has 0 radical (unpaired) electrons. The number of rotatable bonds is 0. The number of anilines is 2. The molecule has 0 aromatic heterocycles. The summed E-state index contributed by atoms with van der Waals surface area (Å²) >= 11 is 0. The van der Waals surface area contributed by atoms with Gasteiger partial charge in [-0.05, 0) is 49.8 Å². The lowest BCUT2D eigenvalue weighted by molar-refractivity contribution is -0.117. The molecular formula is C16H20N2O. The Morgan fingerprint density at radius 3 is 3.00 bits per heavy atom. The van der Waals surface area contributed by atoms with E-state index in [0.29, 0.717) is 6.04 Å². The van der Waals surface area contributed by atoms with Crippen LogP contribution in [-0.2, 0) is 4.79 Å². The molecule has 1 aliphatic carbocycles. The Hall–Kier alpha value is -1.51. The zero-order chi connectivity index (χ0) is 13.0. The van der Waals surface area contributed by atoms with Crippen LogP contribution in [0.5, 0.6) is 0 Å². The van der Waals surface area contributed by atoms with E-state index in [2.05, 4.69) is 35.3 Å². The van der Waals surface area contributed by atoms with Crippen LogP contribution in [0.25, 0.3) is 0 Å². The van der Waals surface area contributed by atoms with Crippen LogP contribution in [0.1, 0.15) is 37.7 Å². The predicted octanol–water partition coefficient (Wildman–Crippen LogP) is 3.08. The minimum atomic E-state index is 0.0725. The van der Waals surface area contributed by atoms with E-state index in [0.717, 1.165) is 18.0 Å². The quantitative estimate of drug-likeness (QED) is 0.773. The average molecular weight is 256 g/mol. The third-order valence-electron chi connectivity index (χ3n) is 5.08. The zero-order valence-corrected chi connectivity index (χ0v) is 11.4. The lowest BCUT2D eigenvalue weighted by atomic mass is 9.84. The minimum Gasteiger partial charge on any atom is -0.355 e. The lowest BCUT2D eigenvalue weighted by Gasteiger charge is -2.39. The molecule has 2 aliphatic heterocycles. The Kier molecular flexibility index (Phi) is 2.38. The third-order valence-corrected chi connectivity index (χ3v) is 5.08. The summed E-state index contributed by atoms with van der Waals surface area (Å²) < 4.78 is 0.